The zero-order valence-electron chi connectivity index (χ0n) is 13.1. The van der Waals surface area contributed by atoms with Crippen molar-refractivity contribution in [3.8, 4) is 5.75 Å². The van der Waals surface area contributed by atoms with Crippen LogP contribution in [0.1, 0.15) is 17.0 Å². The maximum atomic E-state index is 11.5. The lowest BCUT2D eigenvalue weighted by atomic mass is 9.94. The van der Waals surface area contributed by atoms with Gasteiger partial charge in [0.25, 0.3) is 0 Å². The van der Waals surface area contributed by atoms with Gasteiger partial charge in [-0.05, 0) is 23.3 Å². The Bertz CT molecular complexity index is 675. The Labute approximate surface area is 135 Å². The molecule has 2 unspecified atom stereocenters. The van der Waals surface area contributed by atoms with Crippen molar-refractivity contribution in [3.63, 3.8) is 0 Å². The van der Waals surface area contributed by atoms with Crippen LogP contribution in [0.3, 0.4) is 0 Å². The van der Waals surface area contributed by atoms with E-state index < -0.39 is 6.04 Å². The van der Waals surface area contributed by atoms with Crippen molar-refractivity contribution in [2.45, 2.75) is 18.5 Å². The summed E-state index contributed by atoms with van der Waals surface area (Å²) in [4.78, 5) is 13.5. The van der Waals surface area contributed by atoms with E-state index in [2.05, 4.69) is 17.0 Å². The van der Waals surface area contributed by atoms with E-state index in [1.165, 1.54) is 5.56 Å². The molecule has 0 aromatic heterocycles. The van der Waals surface area contributed by atoms with Crippen LogP contribution in [0.25, 0.3) is 0 Å². The van der Waals surface area contributed by atoms with Crippen molar-refractivity contribution >= 4 is 0 Å². The average Bonchev–Trinajstić information content (AvgIpc) is 3.00. The first kappa shape index (κ1) is 15.5. The molecule has 1 fully saturated rings. The third-order valence-electron chi connectivity index (χ3n) is 4.41. The second-order valence-electron chi connectivity index (χ2n) is 5.92. The maximum absolute atomic E-state index is 11.5. The third kappa shape index (κ3) is 3.51. The number of hydrogen-bond donors (Lipinski definition) is 0. The van der Waals surface area contributed by atoms with E-state index in [1.54, 1.807) is 7.11 Å². The molecule has 2 aromatic rings. The number of methoxy groups -OCH3 is 1. The highest BCUT2D eigenvalue weighted by molar-refractivity contribution is 5.32. The molecule has 120 valence electrons. The summed E-state index contributed by atoms with van der Waals surface area (Å²) in [7, 11) is 1.61. The number of nitro groups is 1. The molecule has 0 bridgehead atoms. The Morgan fingerprint density at radius 2 is 1.96 bits per heavy atom. The SMILES string of the molecule is COc1cccc(C2CN(Cc3ccccc3)CC2[N+](=O)[O-])c1. The molecule has 5 heteroatoms. The zero-order valence-corrected chi connectivity index (χ0v) is 13.1. The lowest BCUT2D eigenvalue weighted by molar-refractivity contribution is -0.521. The Morgan fingerprint density at radius 3 is 2.65 bits per heavy atom. The summed E-state index contributed by atoms with van der Waals surface area (Å²) in [6.45, 7) is 1.91. The smallest absolute Gasteiger partial charge is 0.233 e. The lowest BCUT2D eigenvalue weighted by Crippen LogP contribution is -2.28. The Hall–Kier alpha value is -2.40. The molecule has 1 saturated heterocycles. The summed E-state index contributed by atoms with van der Waals surface area (Å²) in [5.41, 5.74) is 2.16. The minimum Gasteiger partial charge on any atom is -0.497 e. The predicted octanol–water partition coefficient (Wildman–Crippen LogP) is 2.94. The number of likely N-dealkylation sites (tertiary alicyclic amines) is 1. The van der Waals surface area contributed by atoms with E-state index in [0.29, 0.717) is 13.1 Å². The molecule has 2 atom stereocenters. The molecular formula is C18H20N2O3. The van der Waals surface area contributed by atoms with Gasteiger partial charge in [-0.15, -0.1) is 0 Å². The number of nitrogens with zero attached hydrogens (tertiary/aromatic N) is 2. The van der Waals surface area contributed by atoms with Crippen LogP contribution in [-0.4, -0.2) is 36.1 Å². The fraction of sp³-hybridized carbons (Fsp3) is 0.333. The molecule has 3 rings (SSSR count). The van der Waals surface area contributed by atoms with Crippen LogP contribution >= 0.6 is 0 Å². The van der Waals surface area contributed by atoms with Crippen LogP contribution in [0.2, 0.25) is 0 Å². The first-order valence-electron chi connectivity index (χ1n) is 7.71. The Morgan fingerprint density at radius 1 is 1.17 bits per heavy atom. The van der Waals surface area contributed by atoms with E-state index in [-0.39, 0.29) is 10.8 Å². The molecule has 1 aliphatic rings. The second kappa shape index (κ2) is 6.79. The van der Waals surface area contributed by atoms with Gasteiger partial charge in [0.1, 0.15) is 5.75 Å². The standard InChI is InChI=1S/C18H20N2O3/c1-23-16-9-5-8-15(10-16)17-12-19(13-18(17)20(21)22)11-14-6-3-2-4-7-14/h2-10,17-18H,11-13H2,1H3. The normalized spacial score (nSPS) is 21.3. The first-order chi connectivity index (χ1) is 11.2. The molecule has 0 radical (unpaired) electrons. The van der Waals surface area contributed by atoms with Gasteiger partial charge in [0.05, 0.1) is 19.6 Å². The van der Waals surface area contributed by atoms with Crippen LogP contribution in [0.5, 0.6) is 5.75 Å². The molecule has 2 aromatic carbocycles. The average molecular weight is 312 g/mol. The van der Waals surface area contributed by atoms with Crippen molar-refractivity contribution in [2.24, 2.45) is 0 Å². The van der Waals surface area contributed by atoms with E-state index in [9.17, 15) is 10.1 Å². The van der Waals surface area contributed by atoms with Gasteiger partial charge < -0.3 is 4.74 Å². The second-order valence-corrected chi connectivity index (χ2v) is 5.92. The summed E-state index contributed by atoms with van der Waals surface area (Å²) in [5.74, 6) is 0.634. The topological polar surface area (TPSA) is 55.6 Å². The van der Waals surface area contributed by atoms with Gasteiger partial charge >= 0.3 is 0 Å². The molecule has 1 heterocycles. The fourth-order valence-corrected chi connectivity index (χ4v) is 3.25. The van der Waals surface area contributed by atoms with Crippen molar-refractivity contribution in [2.75, 3.05) is 20.2 Å². The predicted molar refractivity (Wildman–Crippen MR) is 88.2 cm³/mol. The van der Waals surface area contributed by atoms with Gasteiger partial charge in [-0.3, -0.25) is 15.0 Å². The zero-order chi connectivity index (χ0) is 16.2. The summed E-state index contributed by atoms with van der Waals surface area (Å²) in [6.07, 6.45) is 0. The fourth-order valence-electron chi connectivity index (χ4n) is 3.25. The molecule has 0 saturated carbocycles. The van der Waals surface area contributed by atoms with Crippen molar-refractivity contribution in [1.29, 1.82) is 0 Å². The van der Waals surface area contributed by atoms with E-state index in [1.807, 2.05) is 42.5 Å². The molecule has 0 amide bonds. The van der Waals surface area contributed by atoms with Crippen LogP contribution in [0, 0.1) is 10.1 Å². The Kier molecular flexibility index (Phi) is 4.57. The maximum Gasteiger partial charge on any atom is 0.233 e. The Balaban J connectivity index is 1.79. The summed E-state index contributed by atoms with van der Waals surface area (Å²) in [6, 6.07) is 17.1. The van der Waals surface area contributed by atoms with Gasteiger partial charge in [0.15, 0.2) is 0 Å². The van der Waals surface area contributed by atoms with E-state index in [0.717, 1.165) is 17.9 Å². The summed E-state index contributed by atoms with van der Waals surface area (Å²) < 4.78 is 5.25. The van der Waals surface area contributed by atoms with Crippen LogP contribution < -0.4 is 4.74 Å². The van der Waals surface area contributed by atoms with Crippen molar-refractivity contribution < 1.29 is 9.66 Å². The largest absolute Gasteiger partial charge is 0.497 e. The first-order valence-corrected chi connectivity index (χ1v) is 7.71. The number of ether oxygens (including phenoxy) is 1. The van der Waals surface area contributed by atoms with E-state index in [4.69, 9.17) is 4.74 Å². The van der Waals surface area contributed by atoms with Crippen LogP contribution in [0.4, 0.5) is 0 Å². The third-order valence-corrected chi connectivity index (χ3v) is 4.41. The van der Waals surface area contributed by atoms with Gasteiger partial charge in [0.2, 0.25) is 6.04 Å². The van der Waals surface area contributed by atoms with Crippen molar-refractivity contribution in [1.82, 2.24) is 4.90 Å². The molecule has 0 aliphatic carbocycles. The quantitative estimate of drug-likeness (QED) is 0.629. The molecule has 5 nitrogen and oxygen atoms in total. The number of hydrogen-bond acceptors (Lipinski definition) is 4. The lowest BCUT2D eigenvalue weighted by Gasteiger charge is -2.15. The highest BCUT2D eigenvalue weighted by Gasteiger charge is 2.41. The van der Waals surface area contributed by atoms with Gasteiger partial charge in [-0.1, -0.05) is 42.5 Å². The summed E-state index contributed by atoms with van der Waals surface area (Å²) >= 11 is 0. The van der Waals surface area contributed by atoms with E-state index >= 15 is 0 Å². The molecule has 0 N–H and O–H groups in total. The number of benzene rings is 2. The van der Waals surface area contributed by atoms with Crippen LogP contribution in [0.15, 0.2) is 54.6 Å². The minimum absolute atomic E-state index is 0.108. The molecule has 0 spiro atoms. The monoisotopic (exact) mass is 312 g/mol. The molecule has 1 aliphatic heterocycles. The highest BCUT2D eigenvalue weighted by atomic mass is 16.6. The highest BCUT2D eigenvalue weighted by Crippen LogP contribution is 2.32. The van der Waals surface area contributed by atoms with Crippen LogP contribution in [-0.2, 0) is 6.54 Å². The van der Waals surface area contributed by atoms with Crippen molar-refractivity contribution in [3.05, 3.63) is 75.8 Å². The van der Waals surface area contributed by atoms with Gasteiger partial charge in [0, 0.05) is 18.0 Å². The van der Waals surface area contributed by atoms with Gasteiger partial charge in [-0.25, -0.2) is 0 Å². The summed E-state index contributed by atoms with van der Waals surface area (Å²) in [5, 5.41) is 11.5. The van der Waals surface area contributed by atoms with Gasteiger partial charge in [-0.2, -0.15) is 0 Å². The number of rotatable bonds is 5. The molecular weight excluding hydrogens is 292 g/mol. The minimum atomic E-state index is -0.578. The molecule has 23 heavy (non-hydrogen) atoms.